The molecule has 0 spiro atoms. The highest BCUT2D eigenvalue weighted by molar-refractivity contribution is 8.05. The second-order valence-corrected chi connectivity index (χ2v) is 5.81. The van der Waals surface area contributed by atoms with E-state index in [1.54, 1.807) is 6.92 Å². The molecule has 0 heterocycles. The van der Waals surface area contributed by atoms with Crippen molar-refractivity contribution in [2.45, 2.75) is 25.3 Å². The normalized spacial score (nSPS) is 15.2. The molecule has 0 aromatic carbocycles. The maximum atomic E-state index is 10.5. The fourth-order valence-corrected chi connectivity index (χ4v) is 2.06. The van der Waals surface area contributed by atoms with Crippen molar-refractivity contribution in [3.8, 4) is 0 Å². The third kappa shape index (κ3) is 4.34. The van der Waals surface area contributed by atoms with Gasteiger partial charge in [-0.25, -0.2) is 0 Å². The van der Waals surface area contributed by atoms with Gasteiger partial charge in [-0.3, -0.25) is 4.57 Å². The molecule has 3 nitrogen and oxygen atoms in total. The molecule has 0 saturated carbocycles. The van der Waals surface area contributed by atoms with Gasteiger partial charge in [-0.05, 0) is 19.1 Å². The first-order valence-electron chi connectivity index (χ1n) is 3.15. The Morgan fingerprint density at radius 1 is 1.60 bits per heavy atom. The second kappa shape index (κ2) is 4.39. The molecule has 0 bridgehead atoms. The molecular weight excluding hydrogens is 171 g/mol. The molecule has 1 atom stereocenters. The summed E-state index contributed by atoms with van der Waals surface area (Å²) in [6.07, 6.45) is 0.953. The number of rotatable bonds is 4. The summed E-state index contributed by atoms with van der Waals surface area (Å²) < 4.78 is 10.5. The Morgan fingerprint density at radius 2 is 2.10 bits per heavy atom. The van der Waals surface area contributed by atoms with Gasteiger partial charge in [0.05, 0.1) is 0 Å². The number of hydrogen-bond acceptors (Lipinski definition) is 2. The van der Waals surface area contributed by atoms with Crippen molar-refractivity contribution in [2.75, 3.05) is 5.75 Å². The van der Waals surface area contributed by atoms with Crippen LogP contribution in [0.25, 0.3) is 0 Å². The first-order chi connectivity index (χ1) is 4.48. The van der Waals surface area contributed by atoms with Gasteiger partial charge in [-0.2, -0.15) is 0 Å². The molecular formula is C5H13O3PS. The largest absolute Gasteiger partial charge is 0.338 e. The van der Waals surface area contributed by atoms with Crippen molar-refractivity contribution in [2.24, 2.45) is 0 Å². The Hall–Kier alpha value is 0.500. The Balaban J connectivity index is 3.63. The standard InChI is InChI=1S/C5H13O3PS/c1-3-4-10-5(2)9(6,7)8/h5H,3-4H2,1-2H3,(H2,6,7,8). The van der Waals surface area contributed by atoms with Crippen LogP contribution >= 0.6 is 19.4 Å². The predicted octanol–water partition coefficient (Wildman–Crippen LogP) is 1.65. The third-order valence-electron chi connectivity index (χ3n) is 1.04. The molecule has 62 valence electrons. The topological polar surface area (TPSA) is 57.5 Å². The Bertz CT molecular complexity index is 133. The molecule has 0 amide bonds. The highest BCUT2D eigenvalue weighted by Crippen LogP contribution is 2.46. The Kier molecular flexibility index (Phi) is 4.61. The van der Waals surface area contributed by atoms with Crippen LogP contribution in [0, 0.1) is 0 Å². The van der Waals surface area contributed by atoms with E-state index < -0.39 is 12.6 Å². The monoisotopic (exact) mass is 184 g/mol. The van der Waals surface area contributed by atoms with Gasteiger partial charge in [-0.15, -0.1) is 11.8 Å². The summed E-state index contributed by atoms with van der Waals surface area (Å²) in [6, 6.07) is 0. The molecule has 0 aliphatic heterocycles. The molecule has 0 aromatic rings. The average molecular weight is 184 g/mol. The summed E-state index contributed by atoms with van der Waals surface area (Å²) in [5.41, 5.74) is 0. The van der Waals surface area contributed by atoms with E-state index in [4.69, 9.17) is 9.79 Å². The number of thioether (sulfide) groups is 1. The lowest BCUT2D eigenvalue weighted by molar-refractivity contribution is 0.371. The first-order valence-corrected chi connectivity index (χ1v) is 5.88. The van der Waals surface area contributed by atoms with Crippen molar-refractivity contribution in [3.63, 3.8) is 0 Å². The van der Waals surface area contributed by atoms with Gasteiger partial charge in [-0.1, -0.05) is 6.92 Å². The van der Waals surface area contributed by atoms with E-state index in [0.717, 1.165) is 12.2 Å². The quantitative estimate of drug-likeness (QED) is 0.652. The Morgan fingerprint density at radius 3 is 2.40 bits per heavy atom. The molecule has 1 unspecified atom stereocenters. The van der Waals surface area contributed by atoms with Gasteiger partial charge in [0, 0.05) is 0 Å². The Labute approximate surface area is 65.4 Å². The van der Waals surface area contributed by atoms with Crippen LogP contribution in [-0.2, 0) is 4.57 Å². The van der Waals surface area contributed by atoms with Crippen LogP contribution in [0.15, 0.2) is 0 Å². The predicted molar refractivity (Wildman–Crippen MR) is 44.3 cm³/mol. The van der Waals surface area contributed by atoms with E-state index in [0.29, 0.717) is 0 Å². The van der Waals surface area contributed by atoms with Gasteiger partial charge >= 0.3 is 7.60 Å². The zero-order valence-electron chi connectivity index (χ0n) is 6.15. The van der Waals surface area contributed by atoms with Crippen LogP contribution in [0.4, 0.5) is 0 Å². The summed E-state index contributed by atoms with van der Waals surface area (Å²) in [4.78, 5) is 16.7. The van der Waals surface area contributed by atoms with E-state index in [1.807, 2.05) is 6.92 Å². The van der Waals surface area contributed by atoms with Crippen molar-refractivity contribution < 1.29 is 14.4 Å². The lowest BCUT2D eigenvalue weighted by atomic mass is 10.6. The summed E-state index contributed by atoms with van der Waals surface area (Å²) >= 11 is 1.32. The fourth-order valence-electron chi connectivity index (χ4n) is 0.386. The van der Waals surface area contributed by atoms with Crippen LogP contribution in [-0.4, -0.2) is 20.5 Å². The summed E-state index contributed by atoms with van der Waals surface area (Å²) in [5, 5.41) is 0. The van der Waals surface area contributed by atoms with Gasteiger partial charge in [0.15, 0.2) is 0 Å². The van der Waals surface area contributed by atoms with Crippen molar-refractivity contribution >= 4 is 19.4 Å². The fraction of sp³-hybridized carbons (Fsp3) is 1.00. The first kappa shape index (κ1) is 10.5. The summed E-state index contributed by atoms with van der Waals surface area (Å²) in [6.45, 7) is 3.54. The maximum absolute atomic E-state index is 10.5. The van der Waals surface area contributed by atoms with Crippen LogP contribution < -0.4 is 0 Å². The highest BCUT2D eigenvalue weighted by atomic mass is 32.2. The number of hydrogen-bond donors (Lipinski definition) is 2. The van der Waals surface area contributed by atoms with Gasteiger partial charge in [0.2, 0.25) is 0 Å². The third-order valence-corrected chi connectivity index (χ3v) is 4.38. The molecule has 5 heteroatoms. The van der Waals surface area contributed by atoms with Crippen molar-refractivity contribution in [3.05, 3.63) is 0 Å². The maximum Gasteiger partial charge on any atom is 0.338 e. The molecule has 0 aliphatic carbocycles. The molecule has 0 aliphatic rings. The van der Waals surface area contributed by atoms with E-state index in [1.165, 1.54) is 11.8 Å². The molecule has 0 saturated heterocycles. The van der Waals surface area contributed by atoms with E-state index in [-0.39, 0.29) is 0 Å². The minimum absolute atomic E-state index is 0.549. The molecule has 10 heavy (non-hydrogen) atoms. The van der Waals surface area contributed by atoms with Gasteiger partial charge in [0.1, 0.15) is 4.99 Å². The van der Waals surface area contributed by atoms with Crippen LogP contribution in [0.1, 0.15) is 20.3 Å². The van der Waals surface area contributed by atoms with E-state index in [2.05, 4.69) is 0 Å². The SMILES string of the molecule is CCCSC(C)P(=O)(O)O. The minimum Gasteiger partial charge on any atom is -0.324 e. The van der Waals surface area contributed by atoms with E-state index in [9.17, 15) is 4.57 Å². The van der Waals surface area contributed by atoms with Crippen molar-refractivity contribution in [1.29, 1.82) is 0 Å². The smallest absolute Gasteiger partial charge is 0.324 e. The molecule has 2 N–H and O–H groups in total. The van der Waals surface area contributed by atoms with Crippen molar-refractivity contribution in [1.82, 2.24) is 0 Å². The van der Waals surface area contributed by atoms with Crippen LogP contribution in [0.5, 0.6) is 0 Å². The lowest BCUT2D eigenvalue weighted by Gasteiger charge is -2.11. The molecule has 0 aromatic heterocycles. The van der Waals surface area contributed by atoms with Gasteiger partial charge < -0.3 is 9.79 Å². The molecule has 0 radical (unpaired) electrons. The second-order valence-electron chi connectivity index (χ2n) is 2.06. The molecule has 0 fully saturated rings. The van der Waals surface area contributed by atoms with Crippen LogP contribution in [0.3, 0.4) is 0 Å². The lowest BCUT2D eigenvalue weighted by Crippen LogP contribution is -1.97. The van der Waals surface area contributed by atoms with Gasteiger partial charge in [0.25, 0.3) is 0 Å². The zero-order valence-corrected chi connectivity index (χ0v) is 7.86. The average Bonchev–Trinajstić information content (AvgIpc) is 1.80. The van der Waals surface area contributed by atoms with Crippen LogP contribution in [0.2, 0.25) is 0 Å². The molecule has 0 rings (SSSR count). The zero-order chi connectivity index (χ0) is 8.20. The summed E-state index contributed by atoms with van der Waals surface area (Å²) in [5.74, 6) is 0.812. The summed E-state index contributed by atoms with van der Waals surface area (Å²) in [7, 11) is -3.82. The van der Waals surface area contributed by atoms with E-state index >= 15 is 0 Å². The highest BCUT2D eigenvalue weighted by Gasteiger charge is 2.23. The minimum atomic E-state index is -3.82.